The Hall–Kier alpha value is -0.610. The van der Waals surface area contributed by atoms with Crippen LogP contribution in [0.1, 0.15) is 58.3 Å². The van der Waals surface area contributed by atoms with Crippen LogP contribution in [-0.2, 0) is 9.53 Å². The van der Waals surface area contributed by atoms with E-state index in [9.17, 15) is 4.79 Å². The predicted molar refractivity (Wildman–Crippen MR) is 80.6 cm³/mol. The highest BCUT2D eigenvalue weighted by Crippen LogP contribution is 2.26. The molecule has 2 N–H and O–H groups in total. The Kier molecular flexibility index (Phi) is 6.80. The normalized spacial score (nSPS) is 23.4. The maximum absolute atomic E-state index is 11.9. The van der Waals surface area contributed by atoms with E-state index in [2.05, 4.69) is 17.6 Å². The van der Waals surface area contributed by atoms with Crippen molar-refractivity contribution in [3.05, 3.63) is 0 Å². The summed E-state index contributed by atoms with van der Waals surface area (Å²) in [6.07, 6.45) is 9.54. The third-order valence-corrected chi connectivity index (χ3v) is 4.71. The minimum atomic E-state index is 0.150. The van der Waals surface area contributed by atoms with Crippen LogP contribution in [0.15, 0.2) is 0 Å². The van der Waals surface area contributed by atoms with Gasteiger partial charge in [-0.05, 0) is 51.6 Å². The highest BCUT2D eigenvalue weighted by Gasteiger charge is 2.21. The Morgan fingerprint density at radius 2 is 1.90 bits per heavy atom. The van der Waals surface area contributed by atoms with E-state index in [4.69, 9.17) is 4.74 Å². The lowest BCUT2D eigenvalue weighted by Crippen LogP contribution is -2.39. The first-order chi connectivity index (χ1) is 9.75. The number of hydrogen-bond donors (Lipinski definition) is 2. The summed E-state index contributed by atoms with van der Waals surface area (Å²) in [5.41, 5.74) is 0. The fourth-order valence-electron chi connectivity index (χ4n) is 3.36. The van der Waals surface area contributed by atoms with E-state index >= 15 is 0 Å². The van der Waals surface area contributed by atoms with Crippen LogP contribution in [0, 0.1) is 5.92 Å². The van der Waals surface area contributed by atoms with Crippen LogP contribution in [0.25, 0.3) is 0 Å². The maximum Gasteiger partial charge on any atom is 0.222 e. The number of carbonyl (C=O) groups excluding carboxylic acids is 1. The molecule has 4 nitrogen and oxygen atoms in total. The number of carbonyl (C=O) groups is 1. The second-order valence-corrected chi connectivity index (χ2v) is 6.32. The Morgan fingerprint density at radius 1 is 1.20 bits per heavy atom. The van der Waals surface area contributed by atoms with Crippen LogP contribution >= 0.6 is 0 Å². The number of ether oxygens (including phenoxy) is 1. The van der Waals surface area contributed by atoms with Gasteiger partial charge in [-0.25, -0.2) is 0 Å². The number of piperidine rings is 1. The van der Waals surface area contributed by atoms with Crippen LogP contribution in [-0.4, -0.2) is 37.7 Å². The molecule has 116 valence electrons. The molecule has 1 heterocycles. The number of hydrogen-bond acceptors (Lipinski definition) is 3. The molecule has 4 heteroatoms. The highest BCUT2D eigenvalue weighted by atomic mass is 16.5. The van der Waals surface area contributed by atoms with Crippen molar-refractivity contribution in [3.8, 4) is 0 Å². The number of rotatable bonds is 6. The van der Waals surface area contributed by atoms with Crippen molar-refractivity contribution in [2.45, 2.75) is 70.4 Å². The minimum absolute atomic E-state index is 0.150. The van der Waals surface area contributed by atoms with Gasteiger partial charge in [-0.15, -0.1) is 0 Å². The SMILES string of the molecule is CC(NC(=O)CCOC1CCNCC1)C1CCCCC1. The molecule has 1 unspecified atom stereocenters. The van der Waals surface area contributed by atoms with Crippen LogP contribution in [0.3, 0.4) is 0 Å². The van der Waals surface area contributed by atoms with E-state index in [1.165, 1.54) is 32.1 Å². The average Bonchev–Trinajstić information content (AvgIpc) is 2.49. The van der Waals surface area contributed by atoms with Crippen LogP contribution in [0.5, 0.6) is 0 Å². The van der Waals surface area contributed by atoms with Gasteiger partial charge in [0.15, 0.2) is 0 Å². The quantitative estimate of drug-likeness (QED) is 0.785. The van der Waals surface area contributed by atoms with Gasteiger partial charge in [0.2, 0.25) is 5.91 Å². The van der Waals surface area contributed by atoms with Crippen molar-refractivity contribution in [2.75, 3.05) is 19.7 Å². The second-order valence-electron chi connectivity index (χ2n) is 6.32. The average molecular weight is 282 g/mol. The predicted octanol–water partition coefficient (Wildman–Crippen LogP) is 2.23. The molecule has 1 aliphatic heterocycles. The summed E-state index contributed by atoms with van der Waals surface area (Å²) >= 11 is 0. The van der Waals surface area contributed by atoms with Crippen LogP contribution in [0.4, 0.5) is 0 Å². The van der Waals surface area contributed by atoms with Crippen molar-refractivity contribution in [1.29, 1.82) is 0 Å². The topological polar surface area (TPSA) is 50.4 Å². The first-order valence-corrected chi connectivity index (χ1v) is 8.37. The molecular formula is C16H30N2O2. The van der Waals surface area contributed by atoms with Gasteiger partial charge in [-0.3, -0.25) is 4.79 Å². The van der Waals surface area contributed by atoms with Crippen molar-refractivity contribution in [2.24, 2.45) is 5.92 Å². The molecule has 0 radical (unpaired) electrons. The van der Waals surface area contributed by atoms with Gasteiger partial charge in [0.05, 0.1) is 12.7 Å². The van der Waals surface area contributed by atoms with Crippen molar-refractivity contribution >= 4 is 5.91 Å². The van der Waals surface area contributed by atoms with E-state index in [-0.39, 0.29) is 5.91 Å². The van der Waals surface area contributed by atoms with Gasteiger partial charge in [0, 0.05) is 12.5 Å². The molecule has 20 heavy (non-hydrogen) atoms. The van der Waals surface area contributed by atoms with Gasteiger partial charge in [0.25, 0.3) is 0 Å². The fraction of sp³-hybridized carbons (Fsp3) is 0.938. The Labute approximate surface area is 123 Å². The molecule has 0 aromatic rings. The van der Waals surface area contributed by atoms with E-state index in [0.717, 1.165) is 25.9 Å². The minimum Gasteiger partial charge on any atom is -0.378 e. The summed E-state index contributed by atoms with van der Waals surface area (Å²) in [6, 6.07) is 0.321. The first kappa shape index (κ1) is 15.8. The maximum atomic E-state index is 11.9. The zero-order valence-corrected chi connectivity index (χ0v) is 12.8. The molecule has 1 atom stereocenters. The van der Waals surface area contributed by atoms with Crippen LogP contribution < -0.4 is 10.6 Å². The summed E-state index contributed by atoms with van der Waals surface area (Å²) in [4.78, 5) is 11.9. The monoisotopic (exact) mass is 282 g/mol. The highest BCUT2D eigenvalue weighted by molar-refractivity contribution is 5.76. The molecule has 2 fully saturated rings. The third-order valence-electron chi connectivity index (χ3n) is 4.71. The molecule has 1 amide bonds. The van der Waals surface area contributed by atoms with Gasteiger partial charge in [-0.2, -0.15) is 0 Å². The Morgan fingerprint density at radius 3 is 2.60 bits per heavy atom. The van der Waals surface area contributed by atoms with Crippen LogP contribution in [0.2, 0.25) is 0 Å². The number of nitrogens with one attached hydrogen (secondary N) is 2. The molecule has 2 aliphatic rings. The van der Waals surface area contributed by atoms with Crippen molar-refractivity contribution < 1.29 is 9.53 Å². The lowest BCUT2D eigenvalue weighted by molar-refractivity contribution is -0.123. The smallest absolute Gasteiger partial charge is 0.222 e. The molecule has 0 aromatic carbocycles. The zero-order chi connectivity index (χ0) is 14.2. The molecular weight excluding hydrogens is 252 g/mol. The summed E-state index contributed by atoms with van der Waals surface area (Å²) < 4.78 is 5.78. The summed E-state index contributed by atoms with van der Waals surface area (Å²) in [7, 11) is 0. The Balaban J connectivity index is 1.57. The molecule has 1 saturated heterocycles. The van der Waals surface area contributed by atoms with E-state index in [1.54, 1.807) is 0 Å². The summed E-state index contributed by atoms with van der Waals surface area (Å²) in [6.45, 7) is 4.79. The summed E-state index contributed by atoms with van der Waals surface area (Å²) in [5, 5.41) is 6.47. The summed E-state index contributed by atoms with van der Waals surface area (Å²) in [5.74, 6) is 0.829. The van der Waals surface area contributed by atoms with E-state index < -0.39 is 0 Å². The zero-order valence-electron chi connectivity index (χ0n) is 12.8. The third kappa shape index (κ3) is 5.41. The molecule has 0 aromatic heterocycles. The van der Waals surface area contributed by atoms with E-state index in [1.807, 2.05) is 0 Å². The fourth-order valence-corrected chi connectivity index (χ4v) is 3.36. The molecule has 2 rings (SSSR count). The number of amides is 1. The van der Waals surface area contributed by atoms with Gasteiger partial charge >= 0.3 is 0 Å². The molecule has 0 spiro atoms. The van der Waals surface area contributed by atoms with Crippen molar-refractivity contribution in [1.82, 2.24) is 10.6 Å². The van der Waals surface area contributed by atoms with Crippen molar-refractivity contribution in [3.63, 3.8) is 0 Å². The largest absolute Gasteiger partial charge is 0.378 e. The van der Waals surface area contributed by atoms with Gasteiger partial charge in [0.1, 0.15) is 0 Å². The van der Waals surface area contributed by atoms with E-state index in [0.29, 0.717) is 31.1 Å². The Bertz CT molecular complexity index is 284. The van der Waals surface area contributed by atoms with Gasteiger partial charge in [-0.1, -0.05) is 19.3 Å². The standard InChI is InChI=1S/C16H30N2O2/c1-13(14-5-3-2-4-6-14)18-16(19)9-12-20-15-7-10-17-11-8-15/h13-15,17H,2-12H2,1H3,(H,18,19). The molecule has 0 bridgehead atoms. The van der Waals surface area contributed by atoms with Gasteiger partial charge < -0.3 is 15.4 Å². The molecule has 1 saturated carbocycles. The first-order valence-electron chi connectivity index (χ1n) is 8.37. The second kappa shape index (κ2) is 8.63. The molecule has 1 aliphatic carbocycles. The lowest BCUT2D eigenvalue weighted by atomic mass is 9.84. The lowest BCUT2D eigenvalue weighted by Gasteiger charge is -2.28.